The molecule has 1 unspecified atom stereocenters. The second kappa shape index (κ2) is 3.65. The van der Waals surface area contributed by atoms with E-state index < -0.39 is 5.60 Å². The third kappa shape index (κ3) is 2.03. The average Bonchev–Trinajstić information content (AvgIpc) is 2.06. The van der Waals surface area contributed by atoms with Gasteiger partial charge in [-0.2, -0.15) is 0 Å². The monoisotopic (exact) mass is 166 g/mol. The first kappa shape index (κ1) is 9.16. The normalized spacial score (nSPS) is 15.6. The molecule has 0 spiro atoms. The predicted octanol–water partition coefficient (Wildman–Crippen LogP) is 0.638. The highest BCUT2D eigenvalue weighted by Crippen LogP contribution is 2.22. The minimum atomic E-state index is -0.822. The first-order valence-electron chi connectivity index (χ1n) is 4.00. The maximum atomic E-state index is 9.88. The smallest absolute Gasteiger partial charge is 0.0881 e. The van der Waals surface area contributed by atoms with E-state index >= 15 is 0 Å². The number of aliphatic hydroxyl groups is 1. The van der Waals surface area contributed by atoms with E-state index in [4.69, 9.17) is 5.73 Å². The van der Waals surface area contributed by atoms with E-state index in [1.165, 1.54) is 0 Å². The molecule has 0 aliphatic rings. The van der Waals surface area contributed by atoms with Crippen molar-refractivity contribution in [3.63, 3.8) is 0 Å². The molecular weight excluding hydrogens is 152 g/mol. The fourth-order valence-electron chi connectivity index (χ4n) is 1.14. The van der Waals surface area contributed by atoms with Gasteiger partial charge in [-0.3, -0.25) is 4.98 Å². The molecule has 3 N–H and O–H groups in total. The van der Waals surface area contributed by atoms with Crippen molar-refractivity contribution >= 4 is 0 Å². The Labute approximate surface area is 72.2 Å². The van der Waals surface area contributed by atoms with Crippen LogP contribution in [0, 0.1) is 0 Å². The molecule has 3 heteroatoms. The van der Waals surface area contributed by atoms with Crippen LogP contribution in [0.15, 0.2) is 24.5 Å². The van der Waals surface area contributed by atoms with Gasteiger partial charge in [-0.05, 0) is 37.6 Å². The highest BCUT2D eigenvalue weighted by molar-refractivity contribution is 5.17. The lowest BCUT2D eigenvalue weighted by molar-refractivity contribution is 0.0503. The second-order valence-corrected chi connectivity index (χ2v) is 3.05. The van der Waals surface area contributed by atoms with Crippen molar-refractivity contribution in [2.24, 2.45) is 5.73 Å². The highest BCUT2D eigenvalue weighted by atomic mass is 16.3. The molecule has 0 fully saturated rings. The maximum Gasteiger partial charge on any atom is 0.0881 e. The quantitative estimate of drug-likeness (QED) is 0.692. The van der Waals surface area contributed by atoms with Crippen LogP contribution in [0.25, 0.3) is 0 Å². The van der Waals surface area contributed by atoms with Crippen LogP contribution in [0.3, 0.4) is 0 Å². The van der Waals surface area contributed by atoms with Crippen LogP contribution >= 0.6 is 0 Å². The van der Waals surface area contributed by atoms with Crippen molar-refractivity contribution in [1.82, 2.24) is 4.98 Å². The van der Waals surface area contributed by atoms with Crippen LogP contribution < -0.4 is 5.73 Å². The summed E-state index contributed by atoms with van der Waals surface area (Å²) in [5.74, 6) is 0. The van der Waals surface area contributed by atoms with Gasteiger partial charge in [-0.25, -0.2) is 0 Å². The first-order chi connectivity index (χ1) is 5.67. The Balaban J connectivity index is 2.82. The van der Waals surface area contributed by atoms with Crippen molar-refractivity contribution in [2.45, 2.75) is 18.9 Å². The maximum absolute atomic E-state index is 9.88. The zero-order valence-corrected chi connectivity index (χ0v) is 7.20. The molecule has 0 radical (unpaired) electrons. The Morgan fingerprint density at radius 2 is 2.08 bits per heavy atom. The number of hydrogen-bond acceptors (Lipinski definition) is 3. The molecule has 1 atom stereocenters. The molecule has 0 aliphatic carbocycles. The van der Waals surface area contributed by atoms with Crippen molar-refractivity contribution < 1.29 is 5.11 Å². The number of rotatable bonds is 3. The topological polar surface area (TPSA) is 59.1 Å². The summed E-state index contributed by atoms with van der Waals surface area (Å²) in [7, 11) is 0. The highest BCUT2D eigenvalue weighted by Gasteiger charge is 2.21. The summed E-state index contributed by atoms with van der Waals surface area (Å²) < 4.78 is 0. The van der Waals surface area contributed by atoms with E-state index in [0.717, 1.165) is 5.56 Å². The fourth-order valence-corrected chi connectivity index (χ4v) is 1.14. The number of nitrogens with zero attached hydrogens (tertiary/aromatic N) is 1. The SMILES string of the molecule is CC(O)(CCN)c1ccncc1. The third-order valence-corrected chi connectivity index (χ3v) is 1.93. The van der Waals surface area contributed by atoms with Gasteiger partial charge in [0.2, 0.25) is 0 Å². The fraction of sp³-hybridized carbons (Fsp3) is 0.444. The summed E-state index contributed by atoms with van der Waals surface area (Å²) in [4.78, 5) is 3.88. The van der Waals surface area contributed by atoms with Crippen LogP contribution in [0.2, 0.25) is 0 Å². The van der Waals surface area contributed by atoms with E-state index in [9.17, 15) is 5.11 Å². The summed E-state index contributed by atoms with van der Waals surface area (Å²) in [6.45, 7) is 2.24. The molecule has 1 aromatic rings. The van der Waals surface area contributed by atoms with Crippen LogP contribution in [0.4, 0.5) is 0 Å². The molecule has 66 valence electrons. The van der Waals surface area contributed by atoms with E-state index in [-0.39, 0.29) is 0 Å². The Kier molecular flexibility index (Phi) is 2.78. The zero-order chi connectivity index (χ0) is 9.03. The minimum absolute atomic E-state index is 0.481. The molecule has 1 aromatic heterocycles. The molecule has 3 nitrogen and oxygen atoms in total. The Bertz CT molecular complexity index is 234. The lowest BCUT2D eigenvalue weighted by Gasteiger charge is -2.22. The van der Waals surface area contributed by atoms with Gasteiger partial charge in [-0.1, -0.05) is 0 Å². The lowest BCUT2D eigenvalue weighted by Crippen LogP contribution is -2.24. The molecule has 1 heterocycles. The van der Waals surface area contributed by atoms with Crippen molar-refractivity contribution in [1.29, 1.82) is 0 Å². The average molecular weight is 166 g/mol. The summed E-state index contributed by atoms with van der Waals surface area (Å²) >= 11 is 0. The third-order valence-electron chi connectivity index (χ3n) is 1.93. The number of nitrogens with two attached hydrogens (primary N) is 1. The van der Waals surface area contributed by atoms with Crippen molar-refractivity contribution in [3.8, 4) is 0 Å². The van der Waals surface area contributed by atoms with Crippen LogP contribution in [-0.2, 0) is 5.60 Å². The number of pyridine rings is 1. The lowest BCUT2D eigenvalue weighted by atomic mass is 9.94. The van der Waals surface area contributed by atoms with E-state index in [2.05, 4.69) is 4.98 Å². The second-order valence-electron chi connectivity index (χ2n) is 3.05. The molecule has 0 bridgehead atoms. The van der Waals surface area contributed by atoms with Gasteiger partial charge in [0.1, 0.15) is 0 Å². The van der Waals surface area contributed by atoms with Crippen LogP contribution in [0.5, 0.6) is 0 Å². The standard InChI is InChI=1S/C9H14N2O/c1-9(12,4-5-10)8-2-6-11-7-3-8/h2-3,6-7,12H,4-5,10H2,1H3. The van der Waals surface area contributed by atoms with Gasteiger partial charge >= 0.3 is 0 Å². The molecule has 12 heavy (non-hydrogen) atoms. The Morgan fingerprint density at radius 1 is 1.50 bits per heavy atom. The number of aromatic nitrogens is 1. The molecule has 1 rings (SSSR count). The minimum Gasteiger partial charge on any atom is -0.385 e. The van der Waals surface area contributed by atoms with Gasteiger partial charge in [0.25, 0.3) is 0 Å². The molecular formula is C9H14N2O. The largest absolute Gasteiger partial charge is 0.385 e. The summed E-state index contributed by atoms with van der Waals surface area (Å²) in [5.41, 5.74) is 5.42. The van der Waals surface area contributed by atoms with E-state index in [0.29, 0.717) is 13.0 Å². The van der Waals surface area contributed by atoms with Crippen LogP contribution in [-0.4, -0.2) is 16.6 Å². The zero-order valence-electron chi connectivity index (χ0n) is 7.20. The predicted molar refractivity (Wildman–Crippen MR) is 47.5 cm³/mol. The number of hydrogen-bond donors (Lipinski definition) is 2. The molecule has 0 aliphatic heterocycles. The van der Waals surface area contributed by atoms with E-state index in [1.54, 1.807) is 31.5 Å². The Hall–Kier alpha value is -0.930. The van der Waals surface area contributed by atoms with Gasteiger partial charge in [0.05, 0.1) is 5.60 Å². The summed E-state index contributed by atoms with van der Waals surface area (Å²) in [6, 6.07) is 3.60. The van der Waals surface area contributed by atoms with Crippen LogP contribution in [0.1, 0.15) is 18.9 Å². The molecule has 0 saturated carbocycles. The van der Waals surface area contributed by atoms with Gasteiger partial charge < -0.3 is 10.8 Å². The van der Waals surface area contributed by atoms with Gasteiger partial charge in [0, 0.05) is 12.4 Å². The molecule has 0 aromatic carbocycles. The van der Waals surface area contributed by atoms with Crippen molar-refractivity contribution in [3.05, 3.63) is 30.1 Å². The summed E-state index contributed by atoms with van der Waals surface area (Å²) in [5, 5.41) is 9.88. The van der Waals surface area contributed by atoms with Gasteiger partial charge in [-0.15, -0.1) is 0 Å². The summed E-state index contributed by atoms with van der Waals surface area (Å²) in [6.07, 6.45) is 3.90. The van der Waals surface area contributed by atoms with Gasteiger partial charge in [0.15, 0.2) is 0 Å². The first-order valence-corrected chi connectivity index (χ1v) is 4.00. The Morgan fingerprint density at radius 3 is 2.58 bits per heavy atom. The van der Waals surface area contributed by atoms with Crippen molar-refractivity contribution in [2.75, 3.05) is 6.54 Å². The molecule has 0 amide bonds. The molecule has 0 saturated heterocycles. The van der Waals surface area contributed by atoms with E-state index in [1.807, 2.05) is 0 Å².